The molecule has 2 rings (SSSR count). The molecule has 0 saturated carbocycles. The van der Waals surface area contributed by atoms with Gasteiger partial charge >= 0.3 is 17.9 Å². The van der Waals surface area contributed by atoms with Crippen LogP contribution in [0.5, 0.6) is 0 Å². The van der Waals surface area contributed by atoms with Gasteiger partial charge in [0.05, 0.1) is 7.11 Å². The number of carboxylic acid groups (broad SMARTS) is 1. The van der Waals surface area contributed by atoms with Gasteiger partial charge in [-0.05, 0) is 43.1 Å². The summed E-state index contributed by atoms with van der Waals surface area (Å²) in [6.45, 7) is 7.18. The fourth-order valence-corrected chi connectivity index (χ4v) is 4.83. The van der Waals surface area contributed by atoms with E-state index >= 15 is 0 Å². The molecule has 0 aromatic heterocycles. The van der Waals surface area contributed by atoms with Crippen molar-refractivity contribution in [2.45, 2.75) is 90.1 Å². The Morgan fingerprint density at radius 2 is 1.72 bits per heavy atom. The highest BCUT2D eigenvalue weighted by Gasteiger charge is 2.47. The summed E-state index contributed by atoms with van der Waals surface area (Å²) in [5.74, 6) is -5.57. The number of benzene rings is 1. The topological polar surface area (TPSA) is 194 Å². The van der Waals surface area contributed by atoms with Gasteiger partial charge in [0, 0.05) is 13.0 Å². The van der Waals surface area contributed by atoms with Gasteiger partial charge in [-0.3, -0.25) is 19.2 Å². The van der Waals surface area contributed by atoms with E-state index in [1.54, 1.807) is 44.2 Å². The molecular formula is C30H44N4O9. The molecule has 0 spiro atoms. The lowest BCUT2D eigenvalue weighted by Gasteiger charge is -2.33. The van der Waals surface area contributed by atoms with Crippen molar-refractivity contribution >= 4 is 35.6 Å². The van der Waals surface area contributed by atoms with E-state index in [1.807, 2.05) is 13.8 Å². The molecule has 0 aliphatic carbocycles. The lowest BCUT2D eigenvalue weighted by atomic mass is 9.91. The minimum absolute atomic E-state index is 0.0864. The largest absolute Gasteiger partial charge is 0.481 e. The third-order valence-electron chi connectivity index (χ3n) is 7.28. The molecule has 0 radical (unpaired) electrons. The zero-order valence-electron chi connectivity index (χ0n) is 25.5. The minimum atomic E-state index is -2.40. The molecular weight excluding hydrogens is 560 g/mol. The summed E-state index contributed by atoms with van der Waals surface area (Å²) in [6, 6.07) is 5.69. The number of esters is 2. The number of carbonyl (C=O) groups is 6. The Kier molecular flexibility index (Phi) is 13.1. The number of carbonyl (C=O) groups excluding carboxylic acids is 5. The van der Waals surface area contributed by atoms with Gasteiger partial charge in [-0.1, -0.05) is 58.0 Å². The molecule has 1 aliphatic heterocycles. The first-order valence-electron chi connectivity index (χ1n) is 14.4. The Balaban J connectivity index is 2.24. The van der Waals surface area contributed by atoms with E-state index in [0.29, 0.717) is 24.8 Å². The van der Waals surface area contributed by atoms with E-state index in [9.17, 15) is 33.9 Å². The SMILES string of the molecule is COC(=O)[C@H](CC(C)C)NC(=O)[C@@H]1CCCN1C(=O)[C@@H](NC(=O)[C@@](N)(CCC(=O)O)C(=O)OCc1ccccc1)C(C)C. The molecule has 1 heterocycles. The van der Waals surface area contributed by atoms with Gasteiger partial charge in [-0.25, -0.2) is 9.59 Å². The molecule has 1 fully saturated rings. The summed E-state index contributed by atoms with van der Waals surface area (Å²) in [4.78, 5) is 78.5. The average Bonchev–Trinajstić information content (AvgIpc) is 3.46. The van der Waals surface area contributed by atoms with Crippen molar-refractivity contribution in [1.82, 2.24) is 15.5 Å². The zero-order valence-corrected chi connectivity index (χ0v) is 25.5. The predicted molar refractivity (Wildman–Crippen MR) is 155 cm³/mol. The predicted octanol–water partition coefficient (Wildman–Crippen LogP) is 1.13. The molecule has 43 heavy (non-hydrogen) atoms. The molecule has 13 heteroatoms. The molecule has 0 unspecified atom stereocenters. The molecule has 3 amide bonds. The van der Waals surface area contributed by atoms with Crippen molar-refractivity contribution in [2.24, 2.45) is 17.6 Å². The van der Waals surface area contributed by atoms with Crippen LogP contribution in [0.25, 0.3) is 0 Å². The standard InChI is InChI=1S/C30H44N4O9/c1-18(2)16-21(27(39)42-5)32-25(37)22-12-9-15-34(22)26(38)24(19(3)4)33-28(40)30(31,14-13-23(35)36)29(41)43-17-20-10-7-6-8-11-20/h6-8,10-11,18-19,21-22,24H,9,12-17,31H2,1-5H3,(H,32,37)(H,33,40)(H,35,36)/t21-,22-,24-,30-/m0/s1. The fourth-order valence-electron chi connectivity index (χ4n) is 4.83. The van der Waals surface area contributed by atoms with Crippen molar-refractivity contribution in [3.63, 3.8) is 0 Å². The maximum Gasteiger partial charge on any atom is 0.336 e. The number of nitrogens with zero attached hydrogens (tertiary/aromatic N) is 1. The van der Waals surface area contributed by atoms with Crippen LogP contribution in [0.4, 0.5) is 0 Å². The molecule has 1 saturated heterocycles. The molecule has 1 aliphatic rings. The molecule has 1 aromatic carbocycles. The lowest BCUT2D eigenvalue weighted by molar-refractivity contribution is -0.158. The lowest BCUT2D eigenvalue weighted by Crippen LogP contribution is -2.64. The van der Waals surface area contributed by atoms with E-state index in [0.717, 1.165) is 0 Å². The van der Waals surface area contributed by atoms with E-state index in [1.165, 1.54) is 12.0 Å². The summed E-state index contributed by atoms with van der Waals surface area (Å²) in [5, 5.41) is 14.5. The molecule has 238 valence electrons. The van der Waals surface area contributed by atoms with Crippen molar-refractivity contribution < 1.29 is 43.3 Å². The summed E-state index contributed by atoms with van der Waals surface area (Å²) in [7, 11) is 1.23. The number of nitrogens with two attached hydrogens (primary N) is 1. The third-order valence-corrected chi connectivity index (χ3v) is 7.28. The average molecular weight is 605 g/mol. The first-order chi connectivity index (χ1) is 20.2. The van der Waals surface area contributed by atoms with Gasteiger partial charge in [0.15, 0.2) is 5.54 Å². The maximum atomic E-state index is 13.8. The van der Waals surface area contributed by atoms with Crippen LogP contribution in [0.3, 0.4) is 0 Å². The van der Waals surface area contributed by atoms with Gasteiger partial charge < -0.3 is 35.8 Å². The normalized spacial score (nSPS) is 17.5. The summed E-state index contributed by atoms with van der Waals surface area (Å²) in [6.07, 6.45) is 0.0359. The second-order valence-corrected chi connectivity index (χ2v) is 11.5. The number of amides is 3. The number of methoxy groups -OCH3 is 1. The van der Waals surface area contributed by atoms with Crippen LogP contribution in [-0.2, 0) is 44.8 Å². The number of rotatable bonds is 15. The van der Waals surface area contributed by atoms with E-state index in [-0.39, 0.29) is 19.1 Å². The molecule has 13 nitrogen and oxygen atoms in total. The summed E-state index contributed by atoms with van der Waals surface area (Å²) in [5.41, 5.74) is 4.47. The smallest absolute Gasteiger partial charge is 0.336 e. The first kappa shape index (κ1) is 35.2. The Labute approximate surface area is 251 Å². The number of hydrogen-bond acceptors (Lipinski definition) is 9. The van der Waals surface area contributed by atoms with Crippen LogP contribution in [0.2, 0.25) is 0 Å². The highest BCUT2D eigenvalue weighted by atomic mass is 16.5. The fraction of sp³-hybridized carbons (Fsp3) is 0.600. The third kappa shape index (κ3) is 9.77. The van der Waals surface area contributed by atoms with Crippen LogP contribution < -0.4 is 16.4 Å². The molecule has 1 aromatic rings. The van der Waals surface area contributed by atoms with Crippen LogP contribution in [-0.4, -0.2) is 83.0 Å². The number of likely N-dealkylation sites (tertiary alicyclic amines) is 1. The van der Waals surface area contributed by atoms with E-state index in [2.05, 4.69) is 10.6 Å². The molecule has 4 atom stereocenters. The number of nitrogens with one attached hydrogen (secondary N) is 2. The number of hydrogen-bond donors (Lipinski definition) is 4. The number of carboxylic acids is 1. The minimum Gasteiger partial charge on any atom is -0.481 e. The number of aliphatic carboxylic acids is 1. The number of ether oxygens (including phenoxy) is 2. The Morgan fingerprint density at radius 3 is 2.28 bits per heavy atom. The second-order valence-electron chi connectivity index (χ2n) is 11.5. The quantitative estimate of drug-likeness (QED) is 0.166. The Bertz CT molecular complexity index is 1160. The first-order valence-corrected chi connectivity index (χ1v) is 14.4. The van der Waals surface area contributed by atoms with Crippen LogP contribution >= 0.6 is 0 Å². The highest BCUT2D eigenvalue weighted by Crippen LogP contribution is 2.22. The Morgan fingerprint density at radius 1 is 1.07 bits per heavy atom. The van der Waals surface area contributed by atoms with E-state index in [4.69, 9.17) is 15.2 Å². The second kappa shape index (κ2) is 16.0. The van der Waals surface area contributed by atoms with Crippen LogP contribution in [0, 0.1) is 11.8 Å². The Hall–Kier alpha value is -4.00. The molecule has 5 N–H and O–H groups in total. The molecule has 0 bridgehead atoms. The van der Waals surface area contributed by atoms with Crippen molar-refractivity contribution in [3.05, 3.63) is 35.9 Å². The van der Waals surface area contributed by atoms with Crippen molar-refractivity contribution in [1.29, 1.82) is 0 Å². The van der Waals surface area contributed by atoms with Gasteiger partial charge in [0.2, 0.25) is 11.8 Å². The van der Waals surface area contributed by atoms with Crippen LogP contribution in [0.15, 0.2) is 30.3 Å². The van der Waals surface area contributed by atoms with Crippen molar-refractivity contribution in [2.75, 3.05) is 13.7 Å². The van der Waals surface area contributed by atoms with Gasteiger partial charge in [0.25, 0.3) is 5.91 Å². The summed E-state index contributed by atoms with van der Waals surface area (Å²) < 4.78 is 10.1. The van der Waals surface area contributed by atoms with Crippen molar-refractivity contribution in [3.8, 4) is 0 Å². The van der Waals surface area contributed by atoms with Gasteiger partial charge in [-0.2, -0.15) is 0 Å². The summed E-state index contributed by atoms with van der Waals surface area (Å²) >= 11 is 0. The van der Waals surface area contributed by atoms with Crippen LogP contribution in [0.1, 0.15) is 65.4 Å². The maximum absolute atomic E-state index is 13.8. The highest BCUT2D eigenvalue weighted by molar-refractivity contribution is 6.08. The zero-order chi connectivity index (χ0) is 32.3. The van der Waals surface area contributed by atoms with Gasteiger partial charge in [0.1, 0.15) is 24.7 Å². The van der Waals surface area contributed by atoms with E-state index < -0.39 is 78.1 Å². The van der Waals surface area contributed by atoms with Gasteiger partial charge in [-0.15, -0.1) is 0 Å². The monoisotopic (exact) mass is 604 g/mol.